The van der Waals surface area contributed by atoms with E-state index in [1.807, 2.05) is 6.07 Å². The molecule has 5 aromatic rings. The number of methoxy groups -OCH3 is 2. The normalized spacial score (nSPS) is 11.4. The molecule has 0 fully saturated rings. The van der Waals surface area contributed by atoms with Crippen molar-refractivity contribution in [3.63, 3.8) is 0 Å². The van der Waals surface area contributed by atoms with E-state index in [0.29, 0.717) is 63.6 Å². The maximum atomic E-state index is 12.9. The zero-order valence-electron chi connectivity index (χ0n) is 17.5. The smallest absolute Gasteiger partial charge is 0.246 e. The van der Waals surface area contributed by atoms with Crippen LogP contribution in [-0.2, 0) is 4.74 Å². The molecule has 0 aliphatic heterocycles. The van der Waals surface area contributed by atoms with Gasteiger partial charge in [-0.15, -0.1) is 0 Å². The number of fused-ring (bicyclic) bond motifs is 3. The Hall–Kier alpha value is -4.11. The fourth-order valence-electron chi connectivity index (χ4n) is 3.68. The van der Waals surface area contributed by atoms with Gasteiger partial charge in [0.25, 0.3) is 0 Å². The highest BCUT2D eigenvalue weighted by Gasteiger charge is 2.19. The molecule has 0 aliphatic carbocycles. The Morgan fingerprint density at radius 1 is 0.906 bits per heavy atom. The molecule has 5 rings (SSSR count). The summed E-state index contributed by atoms with van der Waals surface area (Å²) in [5.41, 5.74) is 3.25. The van der Waals surface area contributed by atoms with Gasteiger partial charge in [0.2, 0.25) is 11.0 Å². The third-order valence-corrected chi connectivity index (χ3v) is 5.27. The quantitative estimate of drug-likeness (QED) is 0.144. The SMILES string of the molecule is COCCOc1ccc(-c2nc3cc4c(cc3n2)[n+]([O-])c2ccccc2n4O)cc1OC. The summed E-state index contributed by atoms with van der Waals surface area (Å²) in [4.78, 5) is 9.20. The Kier molecular flexibility index (Phi) is 4.87. The number of rotatable bonds is 6. The highest BCUT2D eigenvalue weighted by atomic mass is 16.5. The summed E-state index contributed by atoms with van der Waals surface area (Å²) in [5.74, 6) is 1.62. The van der Waals surface area contributed by atoms with Crippen LogP contribution >= 0.6 is 0 Å². The summed E-state index contributed by atoms with van der Waals surface area (Å²) < 4.78 is 17.9. The zero-order valence-corrected chi connectivity index (χ0v) is 17.5. The fraction of sp³-hybridized carbons (Fsp3) is 0.174. The van der Waals surface area contributed by atoms with Crippen molar-refractivity contribution in [3.05, 3.63) is 59.8 Å². The second-order valence-corrected chi connectivity index (χ2v) is 7.18. The maximum Gasteiger partial charge on any atom is 0.246 e. The number of hydrogen-bond acceptors (Lipinski definition) is 7. The highest BCUT2D eigenvalue weighted by molar-refractivity contribution is 5.93. The molecule has 9 heteroatoms. The first-order valence-corrected chi connectivity index (χ1v) is 9.94. The minimum Gasteiger partial charge on any atom is -0.618 e. The van der Waals surface area contributed by atoms with Gasteiger partial charge in [-0.25, -0.2) is 9.97 Å². The highest BCUT2D eigenvalue weighted by Crippen LogP contribution is 2.33. The molecule has 0 bridgehead atoms. The first kappa shape index (κ1) is 19.8. The number of aromatic nitrogens is 4. The van der Waals surface area contributed by atoms with Gasteiger partial charge in [-0.1, -0.05) is 12.1 Å². The van der Waals surface area contributed by atoms with Crippen LogP contribution in [0.15, 0.2) is 54.6 Å². The third-order valence-electron chi connectivity index (χ3n) is 5.27. The van der Waals surface area contributed by atoms with E-state index in [-0.39, 0.29) is 0 Å². The Labute approximate surface area is 182 Å². The Morgan fingerprint density at radius 3 is 2.47 bits per heavy atom. The molecule has 3 aromatic carbocycles. The Bertz CT molecular complexity index is 1390. The number of para-hydroxylation sites is 2. The summed E-state index contributed by atoms with van der Waals surface area (Å²) in [6, 6.07) is 15.6. The Morgan fingerprint density at radius 2 is 1.69 bits per heavy atom. The summed E-state index contributed by atoms with van der Waals surface area (Å²) in [5, 5.41) is 23.6. The largest absolute Gasteiger partial charge is 0.618 e. The summed E-state index contributed by atoms with van der Waals surface area (Å²) in [6.07, 6.45) is 0. The second kappa shape index (κ2) is 7.86. The Balaban J connectivity index is 1.62. The van der Waals surface area contributed by atoms with Crippen LogP contribution in [0.25, 0.3) is 44.5 Å². The van der Waals surface area contributed by atoms with Crippen molar-refractivity contribution in [2.75, 3.05) is 27.4 Å². The van der Waals surface area contributed by atoms with E-state index in [0.717, 1.165) is 15.0 Å². The molecule has 162 valence electrons. The van der Waals surface area contributed by atoms with Crippen LogP contribution in [0, 0.1) is 5.21 Å². The first-order valence-electron chi connectivity index (χ1n) is 9.94. The molecule has 0 amide bonds. The van der Waals surface area contributed by atoms with Gasteiger partial charge in [-0.3, -0.25) is 0 Å². The van der Waals surface area contributed by atoms with Crippen LogP contribution in [0.3, 0.4) is 0 Å². The topological polar surface area (TPSA) is 106 Å². The molecule has 2 heterocycles. The predicted molar refractivity (Wildman–Crippen MR) is 118 cm³/mol. The van der Waals surface area contributed by atoms with Gasteiger partial charge in [0, 0.05) is 30.9 Å². The summed E-state index contributed by atoms with van der Waals surface area (Å²) in [6.45, 7) is 0.871. The van der Waals surface area contributed by atoms with Gasteiger partial charge in [0.05, 0.1) is 24.8 Å². The molecule has 2 aromatic heterocycles. The van der Waals surface area contributed by atoms with E-state index < -0.39 is 0 Å². The van der Waals surface area contributed by atoms with Crippen LogP contribution < -0.4 is 14.2 Å². The molecule has 0 saturated carbocycles. The number of imidazole rings is 1. The minimum atomic E-state index is 0.296. The lowest BCUT2D eigenvalue weighted by Gasteiger charge is -2.11. The van der Waals surface area contributed by atoms with E-state index in [1.54, 1.807) is 62.8 Å². The van der Waals surface area contributed by atoms with Crippen LogP contribution in [0.4, 0.5) is 0 Å². The molecular weight excluding hydrogens is 412 g/mol. The van der Waals surface area contributed by atoms with Crippen LogP contribution in [-0.4, -0.2) is 47.3 Å². The van der Waals surface area contributed by atoms with Crippen molar-refractivity contribution >= 4 is 33.1 Å². The maximum absolute atomic E-state index is 12.9. The van der Waals surface area contributed by atoms with Crippen molar-refractivity contribution in [1.29, 1.82) is 0 Å². The van der Waals surface area contributed by atoms with E-state index in [1.165, 1.54) is 0 Å². The van der Waals surface area contributed by atoms with Gasteiger partial charge >= 0.3 is 0 Å². The molecule has 32 heavy (non-hydrogen) atoms. The molecular formula is C23H20N4O5. The molecule has 0 radical (unpaired) electrons. The zero-order chi connectivity index (χ0) is 22.2. The second-order valence-electron chi connectivity index (χ2n) is 7.18. The molecule has 0 unspecified atom stereocenters. The van der Waals surface area contributed by atoms with Crippen molar-refractivity contribution < 1.29 is 24.1 Å². The van der Waals surface area contributed by atoms with Gasteiger partial charge in [-0.2, -0.15) is 9.46 Å². The average Bonchev–Trinajstić information content (AvgIpc) is 3.25. The third kappa shape index (κ3) is 3.19. The van der Waals surface area contributed by atoms with Gasteiger partial charge < -0.3 is 24.6 Å². The molecule has 0 aliphatic rings. The summed E-state index contributed by atoms with van der Waals surface area (Å²) in [7, 11) is 3.18. The lowest BCUT2D eigenvalue weighted by Crippen LogP contribution is -2.30. The number of benzene rings is 3. The number of ether oxygens (including phenoxy) is 3. The molecule has 0 saturated heterocycles. The van der Waals surface area contributed by atoms with E-state index in [9.17, 15) is 10.4 Å². The number of nitrogens with zero attached hydrogens (tertiary/aromatic N) is 4. The summed E-state index contributed by atoms with van der Waals surface area (Å²) >= 11 is 0. The fourth-order valence-corrected chi connectivity index (χ4v) is 3.68. The average molecular weight is 432 g/mol. The molecule has 1 N–H and O–H groups in total. The van der Waals surface area contributed by atoms with E-state index in [2.05, 4.69) is 9.97 Å². The first-order chi connectivity index (χ1) is 15.6. The number of hydrogen-bond donors (Lipinski definition) is 1. The van der Waals surface area contributed by atoms with Gasteiger partial charge in [-0.05, 0) is 24.3 Å². The molecule has 9 nitrogen and oxygen atoms in total. The monoisotopic (exact) mass is 432 g/mol. The van der Waals surface area contributed by atoms with Gasteiger partial charge in [0.15, 0.2) is 28.4 Å². The molecule has 0 atom stereocenters. The molecule has 0 spiro atoms. The van der Waals surface area contributed by atoms with Crippen molar-refractivity contribution in [1.82, 2.24) is 14.7 Å². The standard InChI is InChI=1S/C23H20N4O5/c1-30-9-10-32-21-8-7-14(11-22(21)31-2)23-24-15-12-19-20(13-16(15)25-23)27(29)18-6-4-3-5-17(18)26(19)28/h3-8,11-13,28H,9-10H2,1-2H3. The van der Waals surface area contributed by atoms with Crippen LogP contribution in [0.1, 0.15) is 0 Å². The van der Waals surface area contributed by atoms with Crippen molar-refractivity contribution in [3.8, 4) is 22.9 Å². The van der Waals surface area contributed by atoms with Crippen molar-refractivity contribution in [2.24, 2.45) is 0 Å². The predicted octanol–water partition coefficient (Wildman–Crippen LogP) is 3.31. The lowest BCUT2D eigenvalue weighted by atomic mass is 10.2. The van der Waals surface area contributed by atoms with Crippen LogP contribution in [0.5, 0.6) is 11.5 Å². The van der Waals surface area contributed by atoms with Gasteiger partial charge in [0.1, 0.15) is 6.61 Å². The van der Waals surface area contributed by atoms with E-state index in [4.69, 9.17) is 14.2 Å². The van der Waals surface area contributed by atoms with E-state index >= 15 is 0 Å². The lowest BCUT2D eigenvalue weighted by molar-refractivity contribution is -0.548. The van der Waals surface area contributed by atoms with Crippen LogP contribution in [0.2, 0.25) is 0 Å². The van der Waals surface area contributed by atoms with Crippen molar-refractivity contribution in [2.45, 2.75) is 0 Å². The minimum absolute atomic E-state index is 0.296.